The van der Waals surface area contributed by atoms with Crippen molar-refractivity contribution < 1.29 is 4.79 Å². The zero-order valence-electron chi connectivity index (χ0n) is 18.9. The van der Waals surface area contributed by atoms with Crippen molar-refractivity contribution >= 4 is 29.4 Å². The Bertz CT molecular complexity index is 1010. The first-order valence-electron chi connectivity index (χ1n) is 11.2. The number of aromatic nitrogens is 1. The molecule has 5 nitrogen and oxygen atoms in total. The van der Waals surface area contributed by atoms with Crippen molar-refractivity contribution in [1.29, 1.82) is 0 Å². The van der Waals surface area contributed by atoms with Crippen LogP contribution in [0, 0.1) is 0 Å². The molecule has 3 rings (SSSR count). The second-order valence-corrected chi connectivity index (χ2v) is 7.55. The summed E-state index contributed by atoms with van der Waals surface area (Å²) in [5.74, 6) is -0.0543. The number of amides is 1. The van der Waals surface area contributed by atoms with E-state index in [4.69, 9.17) is 0 Å². The van der Waals surface area contributed by atoms with Gasteiger partial charge >= 0.3 is 0 Å². The van der Waals surface area contributed by atoms with Gasteiger partial charge in [0.1, 0.15) is 0 Å². The van der Waals surface area contributed by atoms with Crippen LogP contribution in [0.1, 0.15) is 41.8 Å². The summed E-state index contributed by atoms with van der Waals surface area (Å²) >= 11 is 0. The number of anilines is 2. The molecule has 1 amide bonds. The molecule has 0 saturated heterocycles. The molecule has 1 heterocycles. The number of hydrogen-bond acceptors (Lipinski definition) is 4. The molecule has 0 spiro atoms. The molecule has 0 fully saturated rings. The summed E-state index contributed by atoms with van der Waals surface area (Å²) in [4.78, 5) is 19.2. The Hall–Kier alpha value is -3.44. The molecule has 2 aromatic carbocycles. The number of para-hydroxylation sites is 1. The monoisotopic (exact) mass is 428 g/mol. The number of pyridine rings is 1. The zero-order valence-corrected chi connectivity index (χ0v) is 18.9. The second-order valence-electron chi connectivity index (χ2n) is 7.55. The lowest BCUT2D eigenvalue weighted by atomic mass is 10.1. The highest BCUT2D eigenvalue weighted by Gasteiger charge is 2.11. The SMILES string of the molecule is CCN(CC)CCCNC(=O)c1ccccc1Nc1cccc(/C=C/c2ccncc2)c1. The van der Waals surface area contributed by atoms with E-state index in [2.05, 4.69) is 58.6 Å². The van der Waals surface area contributed by atoms with Crippen LogP contribution in [0.2, 0.25) is 0 Å². The number of rotatable bonds is 11. The molecule has 0 saturated carbocycles. The minimum absolute atomic E-state index is 0.0543. The highest BCUT2D eigenvalue weighted by molar-refractivity contribution is 6.00. The lowest BCUT2D eigenvalue weighted by molar-refractivity contribution is 0.0952. The summed E-state index contributed by atoms with van der Waals surface area (Å²) in [5.41, 5.74) is 4.55. The molecule has 0 aliphatic heterocycles. The average molecular weight is 429 g/mol. The molecule has 3 aromatic rings. The molecule has 0 radical (unpaired) electrons. The standard InChI is InChI=1S/C27H32N4O/c1-3-31(4-2)20-8-17-29-27(32)25-11-5-6-12-26(25)30-24-10-7-9-23(21-24)14-13-22-15-18-28-19-16-22/h5-7,9-16,18-19,21,30H,3-4,8,17,20H2,1-2H3,(H,29,32)/b14-13+. The Morgan fingerprint density at radius 3 is 2.47 bits per heavy atom. The van der Waals surface area contributed by atoms with Crippen LogP contribution in [0.3, 0.4) is 0 Å². The van der Waals surface area contributed by atoms with Gasteiger partial charge in [0.15, 0.2) is 0 Å². The van der Waals surface area contributed by atoms with E-state index in [1.54, 1.807) is 12.4 Å². The predicted molar refractivity (Wildman–Crippen MR) is 134 cm³/mol. The van der Waals surface area contributed by atoms with Crippen molar-refractivity contribution in [1.82, 2.24) is 15.2 Å². The van der Waals surface area contributed by atoms with Gasteiger partial charge in [-0.1, -0.05) is 50.3 Å². The van der Waals surface area contributed by atoms with Gasteiger partial charge in [-0.2, -0.15) is 0 Å². The first-order chi connectivity index (χ1) is 15.7. The smallest absolute Gasteiger partial charge is 0.253 e. The maximum Gasteiger partial charge on any atom is 0.253 e. The number of hydrogen-bond donors (Lipinski definition) is 2. The number of nitrogens with zero attached hydrogens (tertiary/aromatic N) is 2. The maximum atomic E-state index is 12.8. The van der Waals surface area contributed by atoms with Gasteiger partial charge in [0.2, 0.25) is 0 Å². The fourth-order valence-corrected chi connectivity index (χ4v) is 3.47. The van der Waals surface area contributed by atoms with E-state index in [0.29, 0.717) is 12.1 Å². The predicted octanol–water partition coefficient (Wildman–Crippen LogP) is 5.46. The summed E-state index contributed by atoms with van der Waals surface area (Å²) in [6.45, 7) is 8.05. The van der Waals surface area contributed by atoms with Gasteiger partial charge in [-0.3, -0.25) is 9.78 Å². The van der Waals surface area contributed by atoms with E-state index in [1.807, 2.05) is 48.5 Å². The van der Waals surface area contributed by atoms with Crippen LogP contribution in [0.15, 0.2) is 73.1 Å². The van der Waals surface area contributed by atoms with E-state index in [-0.39, 0.29) is 5.91 Å². The van der Waals surface area contributed by atoms with Gasteiger partial charge < -0.3 is 15.5 Å². The van der Waals surface area contributed by atoms with Crippen molar-refractivity contribution in [3.05, 3.63) is 89.7 Å². The van der Waals surface area contributed by atoms with Crippen LogP contribution in [-0.2, 0) is 0 Å². The minimum Gasteiger partial charge on any atom is -0.355 e. The summed E-state index contributed by atoms with van der Waals surface area (Å²) in [5, 5.41) is 6.46. The minimum atomic E-state index is -0.0543. The van der Waals surface area contributed by atoms with Crippen LogP contribution in [0.4, 0.5) is 11.4 Å². The molecule has 0 atom stereocenters. The van der Waals surface area contributed by atoms with E-state index in [0.717, 1.165) is 48.6 Å². The topological polar surface area (TPSA) is 57.3 Å². The Morgan fingerprint density at radius 2 is 1.69 bits per heavy atom. The van der Waals surface area contributed by atoms with Gasteiger partial charge in [-0.05, 0) is 73.6 Å². The molecule has 2 N–H and O–H groups in total. The summed E-state index contributed by atoms with van der Waals surface area (Å²) < 4.78 is 0. The van der Waals surface area contributed by atoms with Crippen LogP contribution < -0.4 is 10.6 Å². The Morgan fingerprint density at radius 1 is 0.938 bits per heavy atom. The number of carbonyl (C=O) groups excluding carboxylic acids is 1. The van der Waals surface area contributed by atoms with Crippen LogP contribution in [0.25, 0.3) is 12.2 Å². The molecule has 0 aliphatic carbocycles. The first kappa shape index (κ1) is 23.2. The number of carbonyl (C=O) groups is 1. The van der Waals surface area contributed by atoms with Crippen LogP contribution in [0.5, 0.6) is 0 Å². The van der Waals surface area contributed by atoms with E-state index in [9.17, 15) is 4.79 Å². The first-order valence-corrected chi connectivity index (χ1v) is 11.2. The summed E-state index contributed by atoms with van der Waals surface area (Å²) in [6, 6.07) is 19.7. The average Bonchev–Trinajstić information content (AvgIpc) is 2.84. The van der Waals surface area contributed by atoms with Gasteiger partial charge in [-0.25, -0.2) is 0 Å². The third-order valence-corrected chi connectivity index (χ3v) is 5.34. The molecular weight excluding hydrogens is 396 g/mol. The van der Waals surface area contributed by atoms with E-state index < -0.39 is 0 Å². The molecule has 0 unspecified atom stereocenters. The highest BCUT2D eigenvalue weighted by Crippen LogP contribution is 2.22. The molecule has 0 aliphatic rings. The Labute approximate surface area is 191 Å². The van der Waals surface area contributed by atoms with E-state index >= 15 is 0 Å². The maximum absolute atomic E-state index is 12.8. The number of nitrogens with one attached hydrogen (secondary N) is 2. The fraction of sp³-hybridized carbons (Fsp3) is 0.259. The lowest BCUT2D eigenvalue weighted by Gasteiger charge is -2.18. The van der Waals surface area contributed by atoms with Gasteiger partial charge in [0.05, 0.1) is 11.3 Å². The molecule has 1 aromatic heterocycles. The van der Waals surface area contributed by atoms with Gasteiger partial charge in [0, 0.05) is 24.6 Å². The summed E-state index contributed by atoms with van der Waals surface area (Å²) in [6.07, 6.45) is 8.62. The highest BCUT2D eigenvalue weighted by atomic mass is 16.1. The molecule has 0 bridgehead atoms. The van der Waals surface area contributed by atoms with Crippen molar-refractivity contribution in [2.75, 3.05) is 31.5 Å². The molecule has 32 heavy (non-hydrogen) atoms. The Balaban J connectivity index is 1.63. The van der Waals surface area contributed by atoms with Crippen molar-refractivity contribution in [3.8, 4) is 0 Å². The third-order valence-electron chi connectivity index (χ3n) is 5.34. The largest absolute Gasteiger partial charge is 0.355 e. The van der Waals surface area contributed by atoms with Crippen molar-refractivity contribution in [2.24, 2.45) is 0 Å². The molecule has 5 heteroatoms. The Kier molecular flexibility index (Phi) is 9.02. The molecular formula is C27H32N4O. The van der Waals surface area contributed by atoms with Crippen molar-refractivity contribution in [3.63, 3.8) is 0 Å². The molecule has 166 valence electrons. The van der Waals surface area contributed by atoms with Crippen LogP contribution in [-0.4, -0.2) is 42.0 Å². The van der Waals surface area contributed by atoms with Gasteiger partial charge in [-0.15, -0.1) is 0 Å². The second kappa shape index (κ2) is 12.4. The van der Waals surface area contributed by atoms with E-state index in [1.165, 1.54) is 0 Å². The third kappa shape index (κ3) is 7.06. The number of benzene rings is 2. The van der Waals surface area contributed by atoms with Crippen LogP contribution >= 0.6 is 0 Å². The zero-order chi connectivity index (χ0) is 22.6. The quantitative estimate of drug-likeness (QED) is 0.398. The van der Waals surface area contributed by atoms with Gasteiger partial charge in [0.25, 0.3) is 5.91 Å². The fourth-order valence-electron chi connectivity index (χ4n) is 3.47. The van der Waals surface area contributed by atoms with Crippen molar-refractivity contribution in [2.45, 2.75) is 20.3 Å². The normalized spacial score (nSPS) is 11.1. The lowest BCUT2D eigenvalue weighted by Crippen LogP contribution is -2.30. The summed E-state index contributed by atoms with van der Waals surface area (Å²) in [7, 11) is 0.